The number of allylic oxidation sites excluding steroid dienone is 1. The van der Waals surface area contributed by atoms with Crippen molar-refractivity contribution in [2.75, 3.05) is 5.01 Å². The number of anilines is 1. The Morgan fingerprint density at radius 1 is 0.939 bits per heavy atom. The smallest absolute Gasteiger partial charge is 0.248 e. The van der Waals surface area contributed by atoms with Crippen LogP contribution in [0.3, 0.4) is 0 Å². The molecule has 7 heteroatoms. The molecule has 0 amide bonds. The van der Waals surface area contributed by atoms with Gasteiger partial charge in [0.25, 0.3) is 0 Å². The van der Waals surface area contributed by atoms with E-state index in [2.05, 4.69) is 17.1 Å². The minimum absolute atomic E-state index is 0.426. The summed E-state index contributed by atoms with van der Waals surface area (Å²) in [5, 5.41) is 9.91. The van der Waals surface area contributed by atoms with Crippen molar-refractivity contribution in [3.05, 3.63) is 96.3 Å². The first-order chi connectivity index (χ1) is 16.1. The van der Waals surface area contributed by atoms with E-state index < -0.39 is 0 Å². The third kappa shape index (κ3) is 5.78. The van der Waals surface area contributed by atoms with Crippen LogP contribution in [0.5, 0.6) is 5.75 Å². The summed E-state index contributed by atoms with van der Waals surface area (Å²) >= 11 is 0. The Morgan fingerprint density at radius 3 is 2.39 bits per heavy atom. The van der Waals surface area contributed by atoms with Gasteiger partial charge in [0, 0.05) is 23.0 Å². The fourth-order valence-corrected chi connectivity index (χ4v) is 3.30. The van der Waals surface area contributed by atoms with Gasteiger partial charge in [0.15, 0.2) is 0 Å². The van der Waals surface area contributed by atoms with Gasteiger partial charge >= 0.3 is 0 Å². The Bertz CT molecular complexity index is 1200. The Kier molecular flexibility index (Phi) is 7.02. The van der Waals surface area contributed by atoms with E-state index in [9.17, 15) is 0 Å². The highest BCUT2D eigenvalue weighted by Gasteiger charge is 2.12. The molecule has 4 N–H and O–H groups in total. The molecule has 0 bridgehead atoms. The van der Waals surface area contributed by atoms with E-state index >= 15 is 0 Å². The molecule has 0 saturated heterocycles. The van der Waals surface area contributed by atoms with Gasteiger partial charge in [0.2, 0.25) is 11.8 Å². The topological polar surface area (TPSA) is 103 Å². The molecule has 0 unspecified atom stereocenters. The maximum Gasteiger partial charge on any atom is 0.248 e. The second kappa shape index (κ2) is 10.5. The predicted octanol–water partition coefficient (Wildman–Crippen LogP) is 5.26. The number of nitrogens with zero attached hydrogens (tertiary/aromatic N) is 3. The van der Waals surface area contributed by atoms with Gasteiger partial charge in [0.05, 0.1) is 5.69 Å². The lowest BCUT2D eigenvalue weighted by Crippen LogP contribution is -2.25. The molecule has 0 fully saturated rings. The van der Waals surface area contributed by atoms with Crippen LogP contribution >= 0.6 is 0 Å². The molecule has 4 aromatic rings. The maximum absolute atomic E-state index is 6.08. The second-order valence-corrected chi connectivity index (χ2v) is 7.62. The SMILES string of the molecule is CCC/C(N)=C/N(N)c1ccc(-c2nnc(-c3cccc(OCc4ccccc4)c3)o2)cc1. The third-order valence-corrected chi connectivity index (χ3v) is 5.01. The van der Waals surface area contributed by atoms with E-state index in [4.69, 9.17) is 20.7 Å². The molecule has 4 rings (SSSR count). The summed E-state index contributed by atoms with van der Waals surface area (Å²) in [6, 6.07) is 25.2. The zero-order chi connectivity index (χ0) is 23.0. The molecule has 0 radical (unpaired) electrons. The number of hydrogen-bond acceptors (Lipinski definition) is 7. The molecule has 1 heterocycles. The first-order valence-electron chi connectivity index (χ1n) is 10.8. The first kappa shape index (κ1) is 22.1. The quantitative estimate of drug-likeness (QED) is 0.270. The molecule has 3 aromatic carbocycles. The fourth-order valence-electron chi connectivity index (χ4n) is 3.30. The van der Waals surface area contributed by atoms with Crippen LogP contribution in [0, 0.1) is 0 Å². The van der Waals surface area contributed by atoms with Crippen molar-refractivity contribution >= 4 is 5.69 Å². The lowest BCUT2D eigenvalue weighted by molar-refractivity contribution is 0.306. The van der Waals surface area contributed by atoms with Crippen molar-refractivity contribution in [2.24, 2.45) is 11.6 Å². The summed E-state index contributed by atoms with van der Waals surface area (Å²) in [6.07, 6.45) is 3.50. The average molecular weight is 442 g/mol. The van der Waals surface area contributed by atoms with E-state index in [-0.39, 0.29) is 0 Å². The van der Waals surface area contributed by atoms with Crippen LogP contribution < -0.4 is 21.3 Å². The minimum atomic E-state index is 0.426. The molecule has 0 atom stereocenters. The second-order valence-electron chi connectivity index (χ2n) is 7.62. The van der Waals surface area contributed by atoms with Crippen LogP contribution in [0.2, 0.25) is 0 Å². The van der Waals surface area contributed by atoms with E-state index in [0.717, 1.165) is 46.7 Å². The Morgan fingerprint density at radius 2 is 1.67 bits per heavy atom. The Hall–Kier alpha value is -4.10. The first-order valence-corrected chi connectivity index (χ1v) is 10.8. The normalized spacial score (nSPS) is 11.4. The number of aromatic nitrogens is 2. The van der Waals surface area contributed by atoms with Crippen molar-refractivity contribution < 1.29 is 9.15 Å². The number of nitrogens with two attached hydrogens (primary N) is 2. The zero-order valence-corrected chi connectivity index (χ0v) is 18.5. The van der Waals surface area contributed by atoms with E-state index in [1.54, 1.807) is 6.20 Å². The largest absolute Gasteiger partial charge is 0.489 e. The number of ether oxygens (including phenoxy) is 1. The molecule has 1 aromatic heterocycles. The summed E-state index contributed by atoms with van der Waals surface area (Å²) in [6.45, 7) is 2.56. The van der Waals surface area contributed by atoms with Crippen LogP contribution in [-0.2, 0) is 6.61 Å². The van der Waals surface area contributed by atoms with Crippen molar-refractivity contribution in [3.8, 4) is 28.7 Å². The van der Waals surface area contributed by atoms with Crippen LogP contribution in [0.15, 0.2) is 95.2 Å². The van der Waals surface area contributed by atoms with Crippen molar-refractivity contribution in [1.82, 2.24) is 10.2 Å². The lowest BCUT2D eigenvalue weighted by Gasteiger charge is -2.15. The molecular weight excluding hydrogens is 414 g/mol. The van der Waals surface area contributed by atoms with Crippen LogP contribution in [0.25, 0.3) is 22.9 Å². The van der Waals surface area contributed by atoms with Crippen molar-refractivity contribution in [2.45, 2.75) is 26.4 Å². The van der Waals surface area contributed by atoms with Gasteiger partial charge in [-0.2, -0.15) is 0 Å². The molecule has 0 aliphatic heterocycles. The van der Waals surface area contributed by atoms with E-state index in [0.29, 0.717) is 18.4 Å². The fraction of sp³-hybridized carbons (Fsp3) is 0.154. The highest BCUT2D eigenvalue weighted by molar-refractivity contribution is 5.62. The molecular formula is C26H27N5O2. The molecule has 0 aliphatic rings. The number of hydrogen-bond donors (Lipinski definition) is 2. The summed E-state index contributed by atoms with van der Waals surface area (Å²) in [5.74, 6) is 7.67. The zero-order valence-electron chi connectivity index (χ0n) is 18.5. The molecule has 33 heavy (non-hydrogen) atoms. The Balaban J connectivity index is 1.45. The molecule has 0 spiro atoms. The van der Waals surface area contributed by atoms with E-state index in [1.807, 2.05) is 78.9 Å². The third-order valence-electron chi connectivity index (χ3n) is 5.01. The monoisotopic (exact) mass is 441 g/mol. The lowest BCUT2D eigenvalue weighted by atomic mass is 10.2. The Labute approximate surface area is 193 Å². The van der Waals surface area contributed by atoms with E-state index in [1.165, 1.54) is 5.01 Å². The van der Waals surface area contributed by atoms with Gasteiger partial charge in [0.1, 0.15) is 12.4 Å². The predicted molar refractivity (Wildman–Crippen MR) is 130 cm³/mol. The van der Waals surface area contributed by atoms with Crippen LogP contribution in [0.4, 0.5) is 5.69 Å². The number of benzene rings is 3. The van der Waals surface area contributed by atoms with Gasteiger partial charge in [-0.1, -0.05) is 49.7 Å². The molecule has 7 nitrogen and oxygen atoms in total. The van der Waals surface area contributed by atoms with Crippen LogP contribution in [0.1, 0.15) is 25.3 Å². The van der Waals surface area contributed by atoms with Gasteiger partial charge < -0.3 is 14.9 Å². The molecule has 0 aliphatic carbocycles. The summed E-state index contributed by atoms with van der Waals surface area (Å²) in [7, 11) is 0. The highest BCUT2D eigenvalue weighted by Crippen LogP contribution is 2.27. The molecule has 168 valence electrons. The summed E-state index contributed by atoms with van der Waals surface area (Å²) in [5.41, 5.74) is 10.2. The number of hydrazine groups is 1. The van der Waals surface area contributed by atoms with Crippen molar-refractivity contribution in [3.63, 3.8) is 0 Å². The molecule has 0 saturated carbocycles. The minimum Gasteiger partial charge on any atom is -0.489 e. The average Bonchev–Trinajstić information content (AvgIpc) is 3.34. The summed E-state index contributed by atoms with van der Waals surface area (Å²) in [4.78, 5) is 0. The summed E-state index contributed by atoms with van der Waals surface area (Å²) < 4.78 is 11.8. The van der Waals surface area contributed by atoms with Gasteiger partial charge in [-0.3, -0.25) is 5.01 Å². The highest BCUT2D eigenvalue weighted by atomic mass is 16.5. The standard InChI is InChI=1S/C26H27N5O2/c1-2-7-22(27)17-31(28)23-14-12-20(13-15-23)25-29-30-26(33-25)21-10-6-11-24(16-21)32-18-19-8-4-3-5-9-19/h3-6,8-17H,2,7,18,27-28H2,1H3/b22-17-. The van der Waals surface area contributed by atoms with Gasteiger partial charge in [-0.15, -0.1) is 10.2 Å². The van der Waals surface area contributed by atoms with Gasteiger partial charge in [-0.05, 0) is 54.4 Å². The maximum atomic E-state index is 6.08. The van der Waals surface area contributed by atoms with Gasteiger partial charge in [-0.25, -0.2) is 5.84 Å². The van der Waals surface area contributed by atoms with Crippen LogP contribution in [-0.4, -0.2) is 10.2 Å². The van der Waals surface area contributed by atoms with Crippen molar-refractivity contribution in [1.29, 1.82) is 0 Å². The number of rotatable bonds is 9.